The second kappa shape index (κ2) is 9.46. The lowest BCUT2D eigenvalue weighted by atomic mass is 9.87. The average Bonchev–Trinajstić information content (AvgIpc) is 3.25. The molecule has 1 aliphatic heterocycles. The molecule has 0 unspecified atom stereocenters. The minimum atomic E-state index is -0.190. The Morgan fingerprint density at radius 3 is 2.13 bits per heavy atom. The number of benzene rings is 2. The maximum Gasteiger partial charge on any atom is 0.226 e. The molecule has 2 aromatic rings. The van der Waals surface area contributed by atoms with Crippen LogP contribution in [0.5, 0.6) is 0 Å². The first-order valence-electron chi connectivity index (χ1n) is 11.3. The lowest BCUT2D eigenvalue weighted by Gasteiger charge is -2.34. The van der Waals surface area contributed by atoms with Gasteiger partial charge in [-0.15, -0.1) is 0 Å². The summed E-state index contributed by atoms with van der Waals surface area (Å²) in [6.07, 6.45) is 7.22. The van der Waals surface area contributed by atoms with Gasteiger partial charge in [0, 0.05) is 19.5 Å². The van der Waals surface area contributed by atoms with Crippen molar-refractivity contribution >= 4 is 11.8 Å². The van der Waals surface area contributed by atoms with Crippen LogP contribution in [0.15, 0.2) is 60.7 Å². The van der Waals surface area contributed by atoms with E-state index in [1.165, 1.54) is 5.56 Å². The zero-order chi connectivity index (χ0) is 20.8. The maximum absolute atomic E-state index is 12.9. The predicted octanol–water partition coefficient (Wildman–Crippen LogP) is 4.44. The fourth-order valence-corrected chi connectivity index (χ4v) is 5.07. The van der Waals surface area contributed by atoms with Crippen molar-refractivity contribution in [2.75, 3.05) is 13.1 Å². The molecule has 2 aromatic carbocycles. The second-order valence-corrected chi connectivity index (χ2v) is 8.89. The Morgan fingerprint density at radius 2 is 1.50 bits per heavy atom. The van der Waals surface area contributed by atoms with E-state index < -0.39 is 0 Å². The lowest BCUT2D eigenvalue weighted by molar-refractivity contribution is -0.132. The van der Waals surface area contributed by atoms with Gasteiger partial charge in [-0.1, -0.05) is 73.5 Å². The number of rotatable bonds is 6. The molecule has 2 fully saturated rings. The maximum atomic E-state index is 12.9. The van der Waals surface area contributed by atoms with E-state index in [9.17, 15) is 9.59 Å². The van der Waals surface area contributed by atoms with E-state index in [-0.39, 0.29) is 17.4 Å². The van der Waals surface area contributed by atoms with E-state index in [4.69, 9.17) is 0 Å². The van der Waals surface area contributed by atoms with Gasteiger partial charge in [-0.3, -0.25) is 9.59 Å². The number of carbonyl (C=O) groups is 2. The largest absolute Gasteiger partial charge is 0.347 e. The van der Waals surface area contributed by atoms with E-state index in [1.54, 1.807) is 0 Å². The third-order valence-electron chi connectivity index (χ3n) is 6.80. The Morgan fingerprint density at radius 1 is 0.900 bits per heavy atom. The van der Waals surface area contributed by atoms with Crippen molar-refractivity contribution in [1.82, 2.24) is 10.2 Å². The molecule has 1 N–H and O–H groups in total. The first-order chi connectivity index (χ1) is 14.6. The first-order valence-corrected chi connectivity index (χ1v) is 11.3. The molecule has 4 rings (SSSR count). The Kier molecular flexibility index (Phi) is 6.51. The molecule has 30 heavy (non-hydrogen) atoms. The Balaban J connectivity index is 1.27. The monoisotopic (exact) mass is 404 g/mol. The molecule has 1 saturated heterocycles. The Bertz CT molecular complexity index is 836. The van der Waals surface area contributed by atoms with Gasteiger partial charge in [0.15, 0.2) is 0 Å². The highest BCUT2D eigenvalue weighted by Gasteiger charge is 2.37. The first kappa shape index (κ1) is 20.6. The SMILES string of the molecule is O=C(CC1CCN(C(=O)Cc2ccccc2)CC1)NC1(c2ccccc2)CCCC1. The van der Waals surface area contributed by atoms with Crippen molar-refractivity contribution in [2.45, 2.75) is 56.9 Å². The highest BCUT2D eigenvalue weighted by Crippen LogP contribution is 2.39. The molecule has 1 aliphatic carbocycles. The number of amides is 2. The van der Waals surface area contributed by atoms with Gasteiger partial charge >= 0.3 is 0 Å². The van der Waals surface area contributed by atoms with Crippen LogP contribution in [-0.2, 0) is 21.5 Å². The van der Waals surface area contributed by atoms with Crippen LogP contribution in [0, 0.1) is 5.92 Å². The molecule has 0 radical (unpaired) electrons. The fraction of sp³-hybridized carbons (Fsp3) is 0.462. The highest BCUT2D eigenvalue weighted by atomic mass is 16.2. The molecule has 0 spiro atoms. The number of nitrogens with one attached hydrogen (secondary N) is 1. The summed E-state index contributed by atoms with van der Waals surface area (Å²) in [4.78, 5) is 27.4. The standard InChI is InChI=1S/C26H32N2O2/c29-24(27-26(15-7-8-16-26)23-11-5-2-6-12-23)19-22-13-17-28(18-14-22)25(30)20-21-9-3-1-4-10-21/h1-6,9-12,22H,7-8,13-20H2,(H,27,29). The molecule has 4 nitrogen and oxygen atoms in total. The molecule has 2 aliphatic rings. The van der Waals surface area contributed by atoms with Gasteiger partial charge in [-0.2, -0.15) is 0 Å². The fourth-order valence-electron chi connectivity index (χ4n) is 5.07. The van der Waals surface area contributed by atoms with E-state index >= 15 is 0 Å². The molecular weight excluding hydrogens is 372 g/mol. The molecule has 1 saturated carbocycles. The number of hydrogen-bond acceptors (Lipinski definition) is 2. The van der Waals surface area contributed by atoms with Crippen LogP contribution in [0.25, 0.3) is 0 Å². The summed E-state index contributed by atoms with van der Waals surface area (Å²) >= 11 is 0. The summed E-state index contributed by atoms with van der Waals surface area (Å²) in [7, 11) is 0. The van der Waals surface area contributed by atoms with Crippen LogP contribution in [0.3, 0.4) is 0 Å². The molecule has 4 heteroatoms. The molecule has 0 bridgehead atoms. The van der Waals surface area contributed by atoms with Gasteiger partial charge in [0.1, 0.15) is 0 Å². The van der Waals surface area contributed by atoms with Gasteiger partial charge in [0.25, 0.3) is 0 Å². The average molecular weight is 405 g/mol. The van der Waals surface area contributed by atoms with Gasteiger partial charge < -0.3 is 10.2 Å². The van der Waals surface area contributed by atoms with Crippen molar-refractivity contribution in [3.63, 3.8) is 0 Å². The Hall–Kier alpha value is -2.62. The van der Waals surface area contributed by atoms with Gasteiger partial charge in [0.05, 0.1) is 12.0 Å². The van der Waals surface area contributed by atoms with Gasteiger partial charge in [-0.25, -0.2) is 0 Å². The van der Waals surface area contributed by atoms with Crippen LogP contribution in [-0.4, -0.2) is 29.8 Å². The molecule has 1 heterocycles. The van der Waals surface area contributed by atoms with Crippen LogP contribution in [0.1, 0.15) is 56.1 Å². The van der Waals surface area contributed by atoms with E-state index in [0.717, 1.165) is 57.2 Å². The minimum absolute atomic E-state index is 0.162. The molecule has 0 aromatic heterocycles. The summed E-state index contributed by atoms with van der Waals surface area (Å²) in [5.41, 5.74) is 2.11. The zero-order valence-corrected chi connectivity index (χ0v) is 17.7. The summed E-state index contributed by atoms with van der Waals surface area (Å²) in [5.74, 6) is 0.716. The Labute approximate surface area is 179 Å². The second-order valence-electron chi connectivity index (χ2n) is 8.89. The number of likely N-dealkylation sites (tertiary alicyclic amines) is 1. The molecule has 2 amide bonds. The number of piperidine rings is 1. The number of hydrogen-bond donors (Lipinski definition) is 1. The quantitative estimate of drug-likeness (QED) is 0.774. The van der Waals surface area contributed by atoms with Gasteiger partial charge in [-0.05, 0) is 42.7 Å². The van der Waals surface area contributed by atoms with Crippen LogP contribution in [0.4, 0.5) is 0 Å². The van der Waals surface area contributed by atoms with E-state index in [2.05, 4.69) is 29.6 Å². The van der Waals surface area contributed by atoms with Gasteiger partial charge in [0.2, 0.25) is 11.8 Å². The molecular formula is C26H32N2O2. The summed E-state index contributed by atoms with van der Waals surface area (Å²) in [5, 5.41) is 3.40. The topological polar surface area (TPSA) is 49.4 Å². The summed E-state index contributed by atoms with van der Waals surface area (Å²) < 4.78 is 0. The number of nitrogens with zero attached hydrogens (tertiary/aromatic N) is 1. The van der Waals surface area contributed by atoms with Crippen LogP contribution >= 0.6 is 0 Å². The zero-order valence-electron chi connectivity index (χ0n) is 17.7. The molecule has 158 valence electrons. The van der Waals surface area contributed by atoms with Crippen LogP contribution in [0.2, 0.25) is 0 Å². The number of carbonyl (C=O) groups excluding carboxylic acids is 2. The summed E-state index contributed by atoms with van der Waals surface area (Å²) in [6, 6.07) is 20.3. The van der Waals surface area contributed by atoms with Crippen molar-refractivity contribution in [2.24, 2.45) is 5.92 Å². The third-order valence-corrected chi connectivity index (χ3v) is 6.80. The van der Waals surface area contributed by atoms with E-state index in [1.807, 2.05) is 41.3 Å². The summed E-state index contributed by atoms with van der Waals surface area (Å²) in [6.45, 7) is 1.51. The lowest BCUT2D eigenvalue weighted by Crippen LogP contribution is -2.45. The smallest absolute Gasteiger partial charge is 0.226 e. The third kappa shape index (κ3) is 4.92. The van der Waals surface area contributed by atoms with Crippen molar-refractivity contribution < 1.29 is 9.59 Å². The van der Waals surface area contributed by atoms with Crippen molar-refractivity contribution in [3.05, 3.63) is 71.8 Å². The van der Waals surface area contributed by atoms with Crippen molar-refractivity contribution in [3.8, 4) is 0 Å². The highest BCUT2D eigenvalue weighted by molar-refractivity contribution is 5.79. The van der Waals surface area contributed by atoms with E-state index in [0.29, 0.717) is 18.8 Å². The molecule has 0 atom stereocenters. The predicted molar refractivity (Wildman–Crippen MR) is 119 cm³/mol. The minimum Gasteiger partial charge on any atom is -0.347 e. The van der Waals surface area contributed by atoms with Crippen molar-refractivity contribution in [1.29, 1.82) is 0 Å². The van der Waals surface area contributed by atoms with Crippen LogP contribution < -0.4 is 5.32 Å². The normalized spacial score (nSPS) is 18.9.